The minimum absolute atomic E-state index is 0.357. The molecule has 0 saturated heterocycles. The molecule has 0 spiro atoms. The van der Waals surface area contributed by atoms with E-state index in [9.17, 15) is 9.18 Å². The van der Waals surface area contributed by atoms with Crippen LogP contribution < -0.4 is 5.32 Å². The second-order valence-corrected chi connectivity index (χ2v) is 4.43. The van der Waals surface area contributed by atoms with E-state index in [1.807, 2.05) is 0 Å². The molecular formula is C10H8FN3O2S. The first-order valence-electron chi connectivity index (χ1n) is 4.66. The first kappa shape index (κ1) is 11.5. The molecule has 2 N–H and O–H groups in total. The summed E-state index contributed by atoms with van der Waals surface area (Å²) in [4.78, 5) is 10.6. The lowest BCUT2D eigenvalue weighted by Gasteiger charge is -2.03. The van der Waals surface area contributed by atoms with E-state index in [0.717, 1.165) is 11.1 Å². The van der Waals surface area contributed by atoms with Crippen LogP contribution in [0.2, 0.25) is 0 Å². The van der Waals surface area contributed by atoms with Crippen LogP contribution in [-0.2, 0) is 0 Å². The molecule has 0 amide bonds. The molecule has 0 atom stereocenters. The van der Waals surface area contributed by atoms with Gasteiger partial charge in [-0.05, 0) is 25.1 Å². The third kappa shape index (κ3) is 2.56. The summed E-state index contributed by atoms with van der Waals surface area (Å²) in [6.07, 6.45) is 0. The second kappa shape index (κ2) is 4.46. The number of hydrogen-bond donors (Lipinski definition) is 2. The van der Waals surface area contributed by atoms with Crippen LogP contribution in [0.5, 0.6) is 0 Å². The van der Waals surface area contributed by atoms with E-state index in [1.165, 1.54) is 23.5 Å². The standard InChI is InChI=1S/C10H8FN3O2S/c1-5-13-14-10(17-5)12-6-2-3-7(9(15)16)8(11)4-6/h2-4H,1H3,(H,12,14)(H,15,16). The first-order valence-corrected chi connectivity index (χ1v) is 5.48. The largest absolute Gasteiger partial charge is 0.478 e. The summed E-state index contributed by atoms with van der Waals surface area (Å²) in [5.74, 6) is -2.08. The van der Waals surface area contributed by atoms with Crippen molar-refractivity contribution in [2.75, 3.05) is 5.32 Å². The van der Waals surface area contributed by atoms with Gasteiger partial charge >= 0.3 is 5.97 Å². The molecule has 7 heteroatoms. The minimum atomic E-state index is -1.29. The lowest BCUT2D eigenvalue weighted by molar-refractivity contribution is 0.0692. The Labute approximate surface area is 99.9 Å². The highest BCUT2D eigenvalue weighted by molar-refractivity contribution is 7.15. The van der Waals surface area contributed by atoms with Crippen molar-refractivity contribution in [3.8, 4) is 0 Å². The molecular weight excluding hydrogens is 245 g/mol. The van der Waals surface area contributed by atoms with Gasteiger partial charge in [0.15, 0.2) is 0 Å². The van der Waals surface area contributed by atoms with Crippen molar-refractivity contribution < 1.29 is 14.3 Å². The maximum Gasteiger partial charge on any atom is 0.338 e. The smallest absolute Gasteiger partial charge is 0.338 e. The number of rotatable bonds is 3. The van der Waals surface area contributed by atoms with Crippen LogP contribution >= 0.6 is 11.3 Å². The molecule has 1 aromatic heterocycles. The Morgan fingerprint density at radius 3 is 2.76 bits per heavy atom. The highest BCUT2D eigenvalue weighted by atomic mass is 32.1. The number of anilines is 2. The molecule has 88 valence electrons. The van der Waals surface area contributed by atoms with Crippen LogP contribution in [0.15, 0.2) is 18.2 Å². The first-order chi connectivity index (χ1) is 8.06. The van der Waals surface area contributed by atoms with Gasteiger partial charge < -0.3 is 10.4 Å². The number of aromatic nitrogens is 2. The Balaban J connectivity index is 2.23. The van der Waals surface area contributed by atoms with Gasteiger partial charge in [0.25, 0.3) is 0 Å². The van der Waals surface area contributed by atoms with E-state index >= 15 is 0 Å². The zero-order valence-electron chi connectivity index (χ0n) is 8.77. The van der Waals surface area contributed by atoms with Crippen molar-refractivity contribution >= 4 is 28.1 Å². The average Bonchev–Trinajstić information content (AvgIpc) is 2.63. The quantitative estimate of drug-likeness (QED) is 0.878. The molecule has 17 heavy (non-hydrogen) atoms. The van der Waals surface area contributed by atoms with Crippen molar-refractivity contribution in [1.82, 2.24) is 10.2 Å². The number of carbonyl (C=O) groups is 1. The van der Waals surface area contributed by atoms with Crippen LogP contribution in [0.1, 0.15) is 15.4 Å². The molecule has 0 radical (unpaired) electrons. The Hall–Kier alpha value is -2.02. The predicted octanol–water partition coefficient (Wildman–Crippen LogP) is 2.43. The topological polar surface area (TPSA) is 75.1 Å². The lowest BCUT2D eigenvalue weighted by Crippen LogP contribution is -2.01. The molecule has 0 bridgehead atoms. The van der Waals surface area contributed by atoms with Crippen molar-refractivity contribution in [2.24, 2.45) is 0 Å². The van der Waals surface area contributed by atoms with E-state index in [0.29, 0.717) is 10.8 Å². The minimum Gasteiger partial charge on any atom is -0.478 e. The number of carboxylic acids is 1. The number of aromatic carboxylic acids is 1. The number of halogens is 1. The highest BCUT2D eigenvalue weighted by Gasteiger charge is 2.10. The van der Waals surface area contributed by atoms with Gasteiger partial charge in [0, 0.05) is 5.69 Å². The molecule has 2 rings (SSSR count). The van der Waals surface area contributed by atoms with Crippen LogP contribution in [0.3, 0.4) is 0 Å². The Bertz CT molecular complexity index is 570. The maximum atomic E-state index is 13.4. The third-order valence-corrected chi connectivity index (χ3v) is 2.73. The molecule has 0 aliphatic rings. The number of aryl methyl sites for hydroxylation is 1. The lowest BCUT2D eigenvalue weighted by atomic mass is 10.2. The normalized spacial score (nSPS) is 10.2. The fourth-order valence-corrected chi connectivity index (χ4v) is 1.85. The summed E-state index contributed by atoms with van der Waals surface area (Å²) in [5.41, 5.74) is 0.0765. The molecule has 1 aromatic carbocycles. The zero-order valence-corrected chi connectivity index (χ0v) is 9.58. The summed E-state index contributed by atoms with van der Waals surface area (Å²) in [7, 11) is 0. The molecule has 0 aliphatic carbocycles. The Morgan fingerprint density at radius 2 is 2.24 bits per heavy atom. The van der Waals surface area contributed by atoms with E-state index in [1.54, 1.807) is 6.92 Å². The summed E-state index contributed by atoms with van der Waals surface area (Å²) in [6.45, 7) is 1.80. The van der Waals surface area contributed by atoms with E-state index in [4.69, 9.17) is 5.11 Å². The van der Waals surface area contributed by atoms with Gasteiger partial charge in [-0.3, -0.25) is 0 Å². The monoisotopic (exact) mass is 253 g/mol. The molecule has 0 unspecified atom stereocenters. The summed E-state index contributed by atoms with van der Waals surface area (Å²) in [5, 5.41) is 20.4. The van der Waals surface area contributed by atoms with Crippen molar-refractivity contribution in [3.63, 3.8) is 0 Å². The fraction of sp³-hybridized carbons (Fsp3) is 0.100. The predicted molar refractivity (Wildman–Crippen MR) is 61.3 cm³/mol. The molecule has 2 aromatic rings. The van der Waals surface area contributed by atoms with Crippen molar-refractivity contribution in [1.29, 1.82) is 0 Å². The average molecular weight is 253 g/mol. The maximum absolute atomic E-state index is 13.4. The van der Waals surface area contributed by atoms with E-state index in [2.05, 4.69) is 15.5 Å². The van der Waals surface area contributed by atoms with Crippen molar-refractivity contribution in [2.45, 2.75) is 6.92 Å². The van der Waals surface area contributed by atoms with Gasteiger partial charge in [-0.15, -0.1) is 10.2 Å². The number of carboxylic acid groups (broad SMARTS) is 1. The van der Waals surface area contributed by atoms with Crippen LogP contribution in [0, 0.1) is 12.7 Å². The fourth-order valence-electron chi connectivity index (χ4n) is 1.24. The second-order valence-electron chi connectivity index (χ2n) is 3.25. The van der Waals surface area contributed by atoms with Gasteiger partial charge in [-0.2, -0.15) is 0 Å². The zero-order chi connectivity index (χ0) is 12.4. The summed E-state index contributed by atoms with van der Waals surface area (Å²) < 4.78 is 13.4. The number of benzene rings is 1. The highest BCUT2D eigenvalue weighted by Crippen LogP contribution is 2.21. The van der Waals surface area contributed by atoms with E-state index in [-0.39, 0.29) is 5.56 Å². The van der Waals surface area contributed by atoms with Gasteiger partial charge in [-0.1, -0.05) is 11.3 Å². The Kier molecular flexibility index (Phi) is 3.01. The Morgan fingerprint density at radius 1 is 1.47 bits per heavy atom. The molecule has 0 saturated carbocycles. The molecule has 0 aliphatic heterocycles. The van der Waals surface area contributed by atoms with Gasteiger partial charge in [0.1, 0.15) is 10.8 Å². The summed E-state index contributed by atoms with van der Waals surface area (Å²) >= 11 is 1.33. The van der Waals surface area contributed by atoms with Crippen LogP contribution in [-0.4, -0.2) is 21.3 Å². The van der Waals surface area contributed by atoms with Crippen LogP contribution in [0.25, 0.3) is 0 Å². The number of nitrogens with zero attached hydrogens (tertiary/aromatic N) is 2. The number of nitrogens with one attached hydrogen (secondary N) is 1. The van der Waals surface area contributed by atoms with Gasteiger partial charge in [-0.25, -0.2) is 9.18 Å². The third-order valence-electron chi connectivity index (χ3n) is 1.98. The SMILES string of the molecule is Cc1nnc(Nc2ccc(C(=O)O)c(F)c2)s1. The van der Waals surface area contributed by atoms with Crippen LogP contribution in [0.4, 0.5) is 15.2 Å². The molecule has 1 heterocycles. The van der Waals surface area contributed by atoms with E-state index < -0.39 is 11.8 Å². The summed E-state index contributed by atoms with van der Waals surface area (Å²) in [6, 6.07) is 3.79. The molecule has 0 fully saturated rings. The number of hydrogen-bond acceptors (Lipinski definition) is 5. The van der Waals surface area contributed by atoms with Gasteiger partial charge in [0.05, 0.1) is 5.56 Å². The van der Waals surface area contributed by atoms with Gasteiger partial charge in [0.2, 0.25) is 5.13 Å². The van der Waals surface area contributed by atoms with Crippen molar-refractivity contribution in [3.05, 3.63) is 34.6 Å². The molecule has 5 nitrogen and oxygen atoms in total.